The lowest BCUT2D eigenvalue weighted by Gasteiger charge is -2.33. The molecule has 3 aromatic carbocycles. The van der Waals surface area contributed by atoms with Crippen molar-refractivity contribution in [3.63, 3.8) is 0 Å². The van der Waals surface area contributed by atoms with E-state index in [1.807, 2.05) is 60.7 Å². The van der Waals surface area contributed by atoms with E-state index < -0.39 is 5.92 Å². The van der Waals surface area contributed by atoms with Gasteiger partial charge in [-0.05, 0) is 49.2 Å². The second-order valence-corrected chi connectivity index (χ2v) is 8.09. The van der Waals surface area contributed by atoms with Gasteiger partial charge in [0.05, 0.1) is 12.0 Å². The standard InChI is InChI=1S/C26H26N2O3/c1-30-20-7-6-16-28(17-20)19-14-12-18(13-15-19)27-26(29)25-21-8-2-4-10-23(21)31-24-11-5-3-9-22(24)25/h2-5,8-15,20,25H,6-7,16-17H2,1H3,(H,27,29). The number of carbonyl (C=O) groups excluding carboxylic acids is 1. The molecule has 1 amide bonds. The van der Waals surface area contributed by atoms with Crippen molar-refractivity contribution in [2.24, 2.45) is 0 Å². The van der Waals surface area contributed by atoms with Crippen LogP contribution in [0.1, 0.15) is 29.9 Å². The molecular weight excluding hydrogens is 388 g/mol. The minimum absolute atomic E-state index is 0.0617. The Hall–Kier alpha value is -3.31. The van der Waals surface area contributed by atoms with Gasteiger partial charge in [-0.25, -0.2) is 0 Å². The van der Waals surface area contributed by atoms with Crippen LogP contribution in [0.15, 0.2) is 72.8 Å². The zero-order chi connectivity index (χ0) is 21.2. The number of piperidine rings is 1. The van der Waals surface area contributed by atoms with Crippen molar-refractivity contribution in [1.29, 1.82) is 0 Å². The molecule has 2 aliphatic heterocycles. The fourth-order valence-electron chi connectivity index (χ4n) is 4.53. The maximum Gasteiger partial charge on any atom is 0.236 e. The van der Waals surface area contributed by atoms with Crippen LogP contribution in [0.4, 0.5) is 11.4 Å². The Morgan fingerprint density at radius 3 is 2.26 bits per heavy atom. The first-order valence-corrected chi connectivity index (χ1v) is 10.8. The Labute approximate surface area is 182 Å². The van der Waals surface area contributed by atoms with Gasteiger partial charge < -0.3 is 19.7 Å². The number of carbonyl (C=O) groups is 1. The molecule has 1 N–H and O–H groups in total. The molecule has 1 fully saturated rings. The molecule has 1 saturated heterocycles. The number of rotatable bonds is 4. The highest BCUT2D eigenvalue weighted by Gasteiger charge is 2.32. The first-order valence-electron chi connectivity index (χ1n) is 10.8. The highest BCUT2D eigenvalue weighted by atomic mass is 16.5. The number of methoxy groups -OCH3 is 1. The quantitative estimate of drug-likeness (QED) is 0.639. The Balaban J connectivity index is 1.36. The molecule has 5 heteroatoms. The third kappa shape index (κ3) is 3.89. The number of nitrogens with zero attached hydrogens (tertiary/aromatic N) is 1. The number of hydrogen-bond acceptors (Lipinski definition) is 4. The molecule has 3 aromatic rings. The van der Waals surface area contributed by atoms with Crippen molar-refractivity contribution in [1.82, 2.24) is 0 Å². The van der Waals surface area contributed by atoms with Gasteiger partial charge in [-0.3, -0.25) is 4.79 Å². The molecule has 0 aliphatic carbocycles. The normalized spacial score (nSPS) is 18.0. The topological polar surface area (TPSA) is 50.8 Å². The predicted octanol–water partition coefficient (Wildman–Crippen LogP) is 5.18. The zero-order valence-electron chi connectivity index (χ0n) is 17.6. The van der Waals surface area contributed by atoms with E-state index in [0.29, 0.717) is 0 Å². The summed E-state index contributed by atoms with van der Waals surface area (Å²) in [5.41, 5.74) is 3.71. The molecule has 31 heavy (non-hydrogen) atoms. The summed E-state index contributed by atoms with van der Waals surface area (Å²) in [5.74, 6) is 0.989. The van der Waals surface area contributed by atoms with Crippen molar-refractivity contribution < 1.29 is 14.3 Å². The summed E-state index contributed by atoms with van der Waals surface area (Å²) in [5, 5.41) is 3.11. The van der Waals surface area contributed by atoms with Crippen molar-refractivity contribution in [2.45, 2.75) is 24.9 Å². The van der Waals surface area contributed by atoms with Gasteiger partial charge in [-0.15, -0.1) is 0 Å². The molecule has 2 aliphatic rings. The molecule has 5 rings (SSSR count). The van der Waals surface area contributed by atoms with Crippen molar-refractivity contribution in [2.75, 3.05) is 30.4 Å². The second-order valence-electron chi connectivity index (χ2n) is 8.09. The van der Waals surface area contributed by atoms with Gasteiger partial charge in [0, 0.05) is 42.7 Å². The van der Waals surface area contributed by atoms with Gasteiger partial charge in [0.1, 0.15) is 11.5 Å². The lowest BCUT2D eigenvalue weighted by Crippen LogP contribution is -2.39. The lowest BCUT2D eigenvalue weighted by molar-refractivity contribution is -0.116. The number of ether oxygens (including phenoxy) is 2. The van der Waals surface area contributed by atoms with Crippen LogP contribution < -0.4 is 15.0 Å². The third-order valence-corrected chi connectivity index (χ3v) is 6.15. The lowest BCUT2D eigenvalue weighted by atomic mass is 9.87. The number of benzene rings is 3. The van der Waals surface area contributed by atoms with Crippen molar-refractivity contribution in [3.05, 3.63) is 83.9 Å². The van der Waals surface area contributed by atoms with Crippen LogP contribution in [0.25, 0.3) is 0 Å². The number of para-hydroxylation sites is 2. The van der Waals surface area contributed by atoms with Crippen LogP contribution in [-0.2, 0) is 9.53 Å². The Morgan fingerprint density at radius 2 is 1.61 bits per heavy atom. The average Bonchev–Trinajstić information content (AvgIpc) is 2.83. The third-order valence-electron chi connectivity index (χ3n) is 6.15. The Bertz CT molecular complexity index is 1030. The van der Waals surface area contributed by atoms with E-state index in [0.717, 1.165) is 59.9 Å². The van der Waals surface area contributed by atoms with Crippen molar-refractivity contribution in [3.8, 4) is 11.5 Å². The number of fused-ring (bicyclic) bond motifs is 2. The van der Waals surface area contributed by atoms with E-state index in [4.69, 9.17) is 9.47 Å². The van der Waals surface area contributed by atoms with Gasteiger partial charge in [-0.1, -0.05) is 36.4 Å². The molecule has 1 unspecified atom stereocenters. The molecular formula is C26H26N2O3. The molecule has 158 valence electrons. The first kappa shape index (κ1) is 19.6. The monoisotopic (exact) mass is 414 g/mol. The molecule has 0 aromatic heterocycles. The highest BCUT2D eigenvalue weighted by Crippen LogP contribution is 2.44. The van der Waals surface area contributed by atoms with Crippen LogP contribution in [0.2, 0.25) is 0 Å². The van der Waals surface area contributed by atoms with Crippen LogP contribution in [0.5, 0.6) is 11.5 Å². The minimum Gasteiger partial charge on any atom is -0.457 e. The number of anilines is 2. The summed E-state index contributed by atoms with van der Waals surface area (Å²) in [6.45, 7) is 1.93. The predicted molar refractivity (Wildman–Crippen MR) is 122 cm³/mol. The largest absolute Gasteiger partial charge is 0.457 e. The summed E-state index contributed by atoms with van der Waals surface area (Å²) in [6.07, 6.45) is 2.51. The fourth-order valence-corrected chi connectivity index (χ4v) is 4.53. The molecule has 0 radical (unpaired) electrons. The smallest absolute Gasteiger partial charge is 0.236 e. The average molecular weight is 415 g/mol. The summed E-state index contributed by atoms with van der Waals surface area (Å²) in [6, 6.07) is 23.6. The molecule has 0 spiro atoms. The van der Waals surface area contributed by atoms with Gasteiger partial charge in [-0.2, -0.15) is 0 Å². The van der Waals surface area contributed by atoms with Crippen LogP contribution >= 0.6 is 0 Å². The number of amides is 1. The van der Waals surface area contributed by atoms with Crippen LogP contribution in [-0.4, -0.2) is 32.2 Å². The Kier molecular flexibility index (Phi) is 5.35. The zero-order valence-corrected chi connectivity index (χ0v) is 17.6. The van der Waals surface area contributed by atoms with E-state index in [9.17, 15) is 4.79 Å². The Morgan fingerprint density at radius 1 is 0.968 bits per heavy atom. The van der Waals surface area contributed by atoms with Gasteiger partial charge in [0.2, 0.25) is 5.91 Å². The minimum atomic E-state index is -0.412. The second kappa shape index (κ2) is 8.44. The maximum absolute atomic E-state index is 13.4. The van der Waals surface area contributed by atoms with Crippen LogP contribution in [0, 0.1) is 0 Å². The molecule has 0 bridgehead atoms. The summed E-state index contributed by atoms with van der Waals surface area (Å²) < 4.78 is 11.5. The summed E-state index contributed by atoms with van der Waals surface area (Å²) >= 11 is 0. The summed E-state index contributed by atoms with van der Waals surface area (Å²) in [4.78, 5) is 15.7. The van der Waals surface area contributed by atoms with Crippen molar-refractivity contribution >= 4 is 17.3 Å². The van der Waals surface area contributed by atoms with E-state index in [-0.39, 0.29) is 12.0 Å². The van der Waals surface area contributed by atoms with E-state index in [1.54, 1.807) is 7.11 Å². The maximum atomic E-state index is 13.4. The number of nitrogens with one attached hydrogen (secondary N) is 1. The highest BCUT2D eigenvalue weighted by molar-refractivity contribution is 5.99. The van der Waals surface area contributed by atoms with E-state index in [1.165, 1.54) is 0 Å². The van der Waals surface area contributed by atoms with Gasteiger partial charge in [0.15, 0.2) is 0 Å². The fraction of sp³-hybridized carbons (Fsp3) is 0.269. The van der Waals surface area contributed by atoms with Gasteiger partial charge >= 0.3 is 0 Å². The molecule has 2 heterocycles. The molecule has 5 nitrogen and oxygen atoms in total. The van der Waals surface area contributed by atoms with Crippen LogP contribution in [0.3, 0.4) is 0 Å². The molecule has 1 atom stereocenters. The SMILES string of the molecule is COC1CCCN(c2ccc(NC(=O)C3c4ccccc4Oc4ccccc43)cc2)C1. The molecule has 0 saturated carbocycles. The van der Waals surface area contributed by atoms with E-state index in [2.05, 4.69) is 22.3 Å². The summed E-state index contributed by atoms with van der Waals surface area (Å²) in [7, 11) is 1.78. The number of hydrogen-bond donors (Lipinski definition) is 1. The van der Waals surface area contributed by atoms with E-state index >= 15 is 0 Å². The van der Waals surface area contributed by atoms with Gasteiger partial charge in [0.25, 0.3) is 0 Å². The first-order chi connectivity index (χ1) is 15.2.